The van der Waals surface area contributed by atoms with E-state index in [1.165, 1.54) is 42.5 Å². The van der Waals surface area contributed by atoms with Crippen LogP contribution in [0.1, 0.15) is 27.9 Å². The highest BCUT2D eigenvalue weighted by Gasteiger charge is 2.38. The third kappa shape index (κ3) is 4.52. The Labute approximate surface area is 155 Å². The van der Waals surface area contributed by atoms with Crippen molar-refractivity contribution in [3.63, 3.8) is 0 Å². The molecule has 0 saturated carbocycles. The first kappa shape index (κ1) is 19.5. The number of hydrogen-bond donors (Lipinski definition) is 2. The fraction of sp³-hybridized carbons (Fsp3) is 0.167. The van der Waals surface area contributed by atoms with E-state index in [-0.39, 0.29) is 23.5 Å². The number of hydrogen-bond acceptors (Lipinski definition) is 5. The molecule has 0 unspecified atom stereocenters. The molecule has 1 atom stereocenters. The van der Waals surface area contributed by atoms with Crippen LogP contribution in [0, 0.1) is 5.82 Å². The van der Waals surface area contributed by atoms with E-state index in [0.29, 0.717) is 5.56 Å². The minimum absolute atomic E-state index is 0.149. The summed E-state index contributed by atoms with van der Waals surface area (Å²) in [5.74, 6) is -2.75. The fourth-order valence-electron chi connectivity index (χ4n) is 2.35. The van der Waals surface area contributed by atoms with Crippen LogP contribution in [0.4, 0.5) is 17.6 Å². The first-order chi connectivity index (χ1) is 13.2. The normalized spacial score (nSPS) is 12.6. The molecule has 2 aromatic carbocycles. The molecule has 146 valence electrons. The van der Waals surface area contributed by atoms with E-state index < -0.39 is 29.9 Å². The van der Waals surface area contributed by atoms with E-state index in [4.69, 9.17) is 0 Å². The highest BCUT2D eigenvalue weighted by molar-refractivity contribution is 5.94. The van der Waals surface area contributed by atoms with Crippen molar-refractivity contribution >= 4 is 5.91 Å². The van der Waals surface area contributed by atoms with Crippen LogP contribution in [-0.2, 0) is 6.18 Å². The first-order valence-corrected chi connectivity index (χ1v) is 7.97. The van der Waals surface area contributed by atoms with Gasteiger partial charge in [-0.15, -0.1) is 0 Å². The fourth-order valence-corrected chi connectivity index (χ4v) is 2.35. The lowest BCUT2D eigenvalue weighted by Crippen LogP contribution is -2.28. The van der Waals surface area contributed by atoms with Gasteiger partial charge in [0.15, 0.2) is 0 Å². The monoisotopic (exact) mass is 395 g/mol. The maximum absolute atomic E-state index is 13.2. The molecule has 0 fully saturated rings. The number of amides is 1. The van der Waals surface area contributed by atoms with Gasteiger partial charge in [-0.25, -0.2) is 4.39 Å². The largest absolute Gasteiger partial charge is 0.471 e. The average molecular weight is 395 g/mol. The maximum atomic E-state index is 13.2. The van der Waals surface area contributed by atoms with E-state index in [1.54, 1.807) is 0 Å². The Morgan fingerprint density at radius 2 is 1.89 bits per heavy atom. The molecule has 3 aromatic rings. The zero-order valence-electron chi connectivity index (χ0n) is 14.1. The summed E-state index contributed by atoms with van der Waals surface area (Å²) in [7, 11) is 0. The maximum Gasteiger partial charge on any atom is 0.471 e. The summed E-state index contributed by atoms with van der Waals surface area (Å²) in [6.45, 7) is -0.149. The molecule has 2 N–H and O–H groups in total. The number of aliphatic hydroxyl groups is 1. The standard InChI is InChI=1S/C18H13F4N3O3/c19-13-3-1-2-12(8-13)14(26)9-23-16(27)11-6-4-10(5-7-11)15-24-17(28-25-15)18(20,21)22/h1-8,14,26H,9H2,(H,23,27)/t14-/m1/s1. The van der Waals surface area contributed by atoms with E-state index in [9.17, 15) is 27.5 Å². The molecule has 0 bridgehead atoms. The Kier molecular flexibility index (Phi) is 5.41. The molecular formula is C18H13F4N3O3. The lowest BCUT2D eigenvalue weighted by Gasteiger charge is -2.12. The molecule has 0 aliphatic rings. The van der Waals surface area contributed by atoms with Crippen molar-refractivity contribution in [2.45, 2.75) is 12.3 Å². The number of carbonyl (C=O) groups excluding carboxylic acids is 1. The van der Waals surface area contributed by atoms with Gasteiger partial charge in [0.1, 0.15) is 5.82 Å². The van der Waals surface area contributed by atoms with Gasteiger partial charge in [0.25, 0.3) is 5.91 Å². The first-order valence-electron chi connectivity index (χ1n) is 7.97. The number of halogens is 4. The van der Waals surface area contributed by atoms with E-state index in [2.05, 4.69) is 20.0 Å². The molecule has 28 heavy (non-hydrogen) atoms. The molecule has 0 aliphatic heterocycles. The van der Waals surface area contributed by atoms with Gasteiger partial charge in [-0.1, -0.05) is 29.4 Å². The quantitative estimate of drug-likeness (QED) is 0.647. The Balaban J connectivity index is 1.63. The molecule has 3 rings (SSSR count). The number of aromatic nitrogens is 2. The Morgan fingerprint density at radius 1 is 1.18 bits per heavy atom. The number of carbonyl (C=O) groups is 1. The van der Waals surface area contributed by atoms with Crippen LogP contribution >= 0.6 is 0 Å². The number of alkyl halides is 3. The molecule has 0 saturated heterocycles. The van der Waals surface area contributed by atoms with Crippen molar-refractivity contribution in [1.29, 1.82) is 0 Å². The van der Waals surface area contributed by atoms with Crippen molar-refractivity contribution in [1.82, 2.24) is 15.5 Å². The van der Waals surface area contributed by atoms with Crippen LogP contribution in [0.15, 0.2) is 53.1 Å². The summed E-state index contributed by atoms with van der Waals surface area (Å²) in [6.07, 6.45) is -5.84. The number of nitrogens with one attached hydrogen (secondary N) is 1. The van der Waals surface area contributed by atoms with Crippen LogP contribution in [0.2, 0.25) is 0 Å². The molecule has 10 heteroatoms. The number of nitrogens with zero attached hydrogens (tertiary/aromatic N) is 2. The molecule has 1 aromatic heterocycles. The van der Waals surface area contributed by atoms with E-state index >= 15 is 0 Å². The van der Waals surface area contributed by atoms with Gasteiger partial charge < -0.3 is 14.9 Å². The highest BCUT2D eigenvalue weighted by atomic mass is 19.4. The van der Waals surface area contributed by atoms with Gasteiger partial charge >= 0.3 is 12.1 Å². The molecule has 6 nitrogen and oxygen atoms in total. The molecule has 0 spiro atoms. The van der Waals surface area contributed by atoms with Gasteiger partial charge in [0.05, 0.1) is 6.10 Å². The topological polar surface area (TPSA) is 88.2 Å². The summed E-state index contributed by atoms with van der Waals surface area (Å²) in [5.41, 5.74) is 0.749. The molecule has 1 heterocycles. The average Bonchev–Trinajstić information content (AvgIpc) is 3.16. The summed E-state index contributed by atoms with van der Waals surface area (Å²) >= 11 is 0. The minimum atomic E-state index is -4.74. The summed E-state index contributed by atoms with van der Waals surface area (Å²) in [6, 6.07) is 10.8. The predicted molar refractivity (Wildman–Crippen MR) is 88.4 cm³/mol. The molecule has 0 radical (unpaired) electrons. The summed E-state index contributed by atoms with van der Waals surface area (Å²) in [5, 5.41) is 15.7. The second kappa shape index (κ2) is 7.77. The van der Waals surface area contributed by atoms with Crippen molar-refractivity contribution in [3.05, 3.63) is 71.4 Å². The van der Waals surface area contributed by atoms with Crippen molar-refractivity contribution in [3.8, 4) is 11.4 Å². The van der Waals surface area contributed by atoms with Crippen molar-refractivity contribution < 1.29 is 32.0 Å². The second-order valence-electron chi connectivity index (χ2n) is 5.78. The zero-order valence-corrected chi connectivity index (χ0v) is 14.1. The van der Waals surface area contributed by atoms with Crippen LogP contribution in [0.5, 0.6) is 0 Å². The third-order valence-corrected chi connectivity index (χ3v) is 3.76. The number of aliphatic hydroxyl groups excluding tert-OH is 1. The third-order valence-electron chi connectivity index (χ3n) is 3.76. The minimum Gasteiger partial charge on any atom is -0.387 e. The lowest BCUT2D eigenvalue weighted by atomic mass is 10.1. The van der Waals surface area contributed by atoms with Gasteiger partial charge in [-0.2, -0.15) is 18.2 Å². The van der Waals surface area contributed by atoms with Crippen LogP contribution < -0.4 is 5.32 Å². The van der Waals surface area contributed by atoms with Gasteiger partial charge in [-0.05, 0) is 29.8 Å². The summed E-state index contributed by atoms with van der Waals surface area (Å²) < 4.78 is 54.8. The SMILES string of the molecule is O=C(NC[C@@H](O)c1cccc(F)c1)c1ccc(-c2noc(C(F)(F)F)n2)cc1. The molecule has 1 amide bonds. The second-order valence-corrected chi connectivity index (χ2v) is 5.78. The van der Waals surface area contributed by atoms with Crippen LogP contribution in [0.25, 0.3) is 11.4 Å². The Hall–Kier alpha value is -3.27. The van der Waals surface area contributed by atoms with Gasteiger partial charge in [-0.3, -0.25) is 4.79 Å². The summed E-state index contributed by atoms with van der Waals surface area (Å²) in [4.78, 5) is 15.4. The highest BCUT2D eigenvalue weighted by Crippen LogP contribution is 2.29. The van der Waals surface area contributed by atoms with E-state index in [1.807, 2.05) is 0 Å². The van der Waals surface area contributed by atoms with Crippen LogP contribution in [0.3, 0.4) is 0 Å². The smallest absolute Gasteiger partial charge is 0.387 e. The number of rotatable bonds is 5. The molecular weight excluding hydrogens is 382 g/mol. The number of benzene rings is 2. The van der Waals surface area contributed by atoms with Gasteiger partial charge in [0, 0.05) is 17.7 Å². The predicted octanol–water partition coefficient (Wildman–Crippen LogP) is 3.36. The van der Waals surface area contributed by atoms with Crippen LogP contribution in [-0.4, -0.2) is 27.7 Å². The van der Waals surface area contributed by atoms with Gasteiger partial charge in [0.2, 0.25) is 5.82 Å². The Morgan fingerprint density at radius 3 is 2.50 bits per heavy atom. The van der Waals surface area contributed by atoms with Crippen molar-refractivity contribution in [2.75, 3.05) is 6.54 Å². The Bertz CT molecular complexity index is 971. The lowest BCUT2D eigenvalue weighted by molar-refractivity contribution is -0.159. The van der Waals surface area contributed by atoms with Crippen molar-refractivity contribution in [2.24, 2.45) is 0 Å². The zero-order chi connectivity index (χ0) is 20.3. The molecule has 0 aliphatic carbocycles. The van der Waals surface area contributed by atoms with E-state index in [0.717, 1.165) is 6.07 Å².